The highest BCUT2D eigenvalue weighted by atomic mass is 32.1. The zero-order valence-corrected chi connectivity index (χ0v) is 12.4. The minimum atomic E-state index is 0.458. The summed E-state index contributed by atoms with van der Waals surface area (Å²) < 4.78 is 0. The van der Waals surface area contributed by atoms with Crippen molar-refractivity contribution in [2.24, 2.45) is 0 Å². The number of rotatable bonds is 2. The first kappa shape index (κ1) is 12.6. The maximum atomic E-state index is 3.79. The fourth-order valence-corrected chi connectivity index (χ4v) is 4.61. The van der Waals surface area contributed by atoms with Crippen molar-refractivity contribution in [2.45, 2.75) is 51.6 Å². The van der Waals surface area contributed by atoms with E-state index < -0.39 is 0 Å². The molecule has 0 atom stereocenters. The van der Waals surface area contributed by atoms with E-state index in [1.165, 1.54) is 55.8 Å². The molecule has 1 N–H and O–H groups in total. The van der Waals surface area contributed by atoms with Crippen LogP contribution in [-0.2, 0) is 6.54 Å². The summed E-state index contributed by atoms with van der Waals surface area (Å²) in [6, 6.07) is 2.38. The van der Waals surface area contributed by atoms with Crippen LogP contribution in [0.5, 0.6) is 0 Å². The van der Waals surface area contributed by atoms with Crippen LogP contribution in [0.3, 0.4) is 0 Å². The second kappa shape index (κ2) is 4.95. The van der Waals surface area contributed by atoms with Crippen molar-refractivity contribution < 1.29 is 0 Å². The number of hydrogen-bond donors (Lipinski definition) is 1. The first-order valence-corrected chi connectivity index (χ1v) is 8.02. The SMILES string of the molecule is Cc1cc(CN2CCNC3(CCCC3)C2)sc1C. The average Bonchev–Trinajstić information content (AvgIpc) is 2.88. The molecular weight excluding hydrogens is 240 g/mol. The molecule has 2 aliphatic rings. The Kier molecular flexibility index (Phi) is 3.48. The molecule has 1 spiro atoms. The molecule has 0 unspecified atom stereocenters. The van der Waals surface area contributed by atoms with Gasteiger partial charge in [-0.15, -0.1) is 11.3 Å². The summed E-state index contributed by atoms with van der Waals surface area (Å²) in [5.74, 6) is 0. The molecule has 3 heteroatoms. The molecule has 2 nitrogen and oxygen atoms in total. The standard InChI is InChI=1S/C15H24N2S/c1-12-9-14(18-13(12)2)10-17-8-7-16-15(11-17)5-3-4-6-15/h9,16H,3-8,10-11H2,1-2H3. The molecule has 0 amide bonds. The molecular formula is C15H24N2S. The van der Waals surface area contributed by atoms with Crippen molar-refractivity contribution in [3.8, 4) is 0 Å². The number of hydrogen-bond acceptors (Lipinski definition) is 3. The predicted octanol–water partition coefficient (Wildman–Crippen LogP) is 3.08. The van der Waals surface area contributed by atoms with E-state index in [2.05, 4.69) is 30.1 Å². The Bertz CT molecular complexity index is 399. The lowest BCUT2D eigenvalue weighted by molar-refractivity contribution is 0.130. The maximum Gasteiger partial charge on any atom is 0.0329 e. The smallest absolute Gasteiger partial charge is 0.0329 e. The highest BCUT2D eigenvalue weighted by Crippen LogP contribution is 2.33. The molecule has 0 aromatic carbocycles. The molecule has 2 heterocycles. The molecule has 0 radical (unpaired) electrons. The summed E-state index contributed by atoms with van der Waals surface area (Å²) in [7, 11) is 0. The van der Waals surface area contributed by atoms with Gasteiger partial charge in [0.05, 0.1) is 0 Å². The second-order valence-electron chi connectivity index (χ2n) is 6.08. The summed E-state index contributed by atoms with van der Waals surface area (Å²) in [5.41, 5.74) is 1.92. The first-order chi connectivity index (χ1) is 8.67. The third-order valence-corrected chi connectivity index (χ3v) is 5.75. The summed E-state index contributed by atoms with van der Waals surface area (Å²) in [4.78, 5) is 5.68. The second-order valence-corrected chi connectivity index (χ2v) is 7.42. The minimum Gasteiger partial charge on any atom is -0.309 e. The largest absolute Gasteiger partial charge is 0.309 e. The average molecular weight is 264 g/mol. The van der Waals surface area contributed by atoms with E-state index in [9.17, 15) is 0 Å². The molecule has 0 bridgehead atoms. The van der Waals surface area contributed by atoms with Gasteiger partial charge in [-0.2, -0.15) is 0 Å². The molecule has 18 heavy (non-hydrogen) atoms. The Labute approximate surface area is 114 Å². The van der Waals surface area contributed by atoms with E-state index in [1.807, 2.05) is 11.3 Å². The molecule has 100 valence electrons. The van der Waals surface area contributed by atoms with Gasteiger partial charge in [0, 0.05) is 41.5 Å². The predicted molar refractivity (Wildman–Crippen MR) is 78.3 cm³/mol. The van der Waals surface area contributed by atoms with E-state index in [0.29, 0.717) is 5.54 Å². The van der Waals surface area contributed by atoms with Gasteiger partial charge < -0.3 is 5.32 Å². The van der Waals surface area contributed by atoms with Gasteiger partial charge in [-0.1, -0.05) is 12.8 Å². The Hall–Kier alpha value is -0.380. The van der Waals surface area contributed by atoms with E-state index in [1.54, 1.807) is 4.88 Å². The van der Waals surface area contributed by atoms with Crippen LogP contribution in [0.4, 0.5) is 0 Å². The number of thiophene rings is 1. The van der Waals surface area contributed by atoms with Crippen LogP contribution in [0.15, 0.2) is 6.07 Å². The van der Waals surface area contributed by atoms with Crippen LogP contribution in [0.25, 0.3) is 0 Å². The van der Waals surface area contributed by atoms with Crippen LogP contribution in [0.2, 0.25) is 0 Å². The van der Waals surface area contributed by atoms with Crippen LogP contribution in [0, 0.1) is 13.8 Å². The summed E-state index contributed by atoms with van der Waals surface area (Å²) in [6.45, 7) is 9.25. The monoisotopic (exact) mass is 264 g/mol. The van der Waals surface area contributed by atoms with Crippen molar-refractivity contribution in [3.63, 3.8) is 0 Å². The van der Waals surface area contributed by atoms with Crippen molar-refractivity contribution in [2.75, 3.05) is 19.6 Å². The van der Waals surface area contributed by atoms with Crippen LogP contribution < -0.4 is 5.32 Å². The molecule has 1 aliphatic carbocycles. The van der Waals surface area contributed by atoms with E-state index in [0.717, 1.165) is 6.54 Å². The number of piperazine rings is 1. The molecule has 1 saturated heterocycles. The molecule has 1 aliphatic heterocycles. The van der Waals surface area contributed by atoms with E-state index in [-0.39, 0.29) is 0 Å². The van der Waals surface area contributed by atoms with Crippen molar-refractivity contribution in [1.82, 2.24) is 10.2 Å². The molecule has 1 aromatic heterocycles. The van der Waals surface area contributed by atoms with Gasteiger partial charge in [0.2, 0.25) is 0 Å². The Morgan fingerprint density at radius 2 is 2.11 bits per heavy atom. The zero-order valence-electron chi connectivity index (χ0n) is 11.6. The van der Waals surface area contributed by atoms with Crippen LogP contribution in [-0.4, -0.2) is 30.1 Å². The van der Waals surface area contributed by atoms with Crippen molar-refractivity contribution in [3.05, 3.63) is 21.4 Å². The van der Waals surface area contributed by atoms with Gasteiger partial charge in [-0.25, -0.2) is 0 Å². The van der Waals surface area contributed by atoms with Crippen LogP contribution >= 0.6 is 11.3 Å². The lowest BCUT2D eigenvalue weighted by Crippen LogP contribution is -2.58. The van der Waals surface area contributed by atoms with Gasteiger partial charge in [0.15, 0.2) is 0 Å². The number of nitrogens with zero attached hydrogens (tertiary/aromatic N) is 1. The van der Waals surface area contributed by atoms with Crippen molar-refractivity contribution in [1.29, 1.82) is 0 Å². The van der Waals surface area contributed by atoms with Gasteiger partial charge >= 0.3 is 0 Å². The normalized spacial score (nSPS) is 23.9. The van der Waals surface area contributed by atoms with E-state index in [4.69, 9.17) is 0 Å². The van der Waals surface area contributed by atoms with Gasteiger partial charge in [0.25, 0.3) is 0 Å². The molecule has 3 rings (SSSR count). The fraction of sp³-hybridized carbons (Fsp3) is 0.733. The molecule has 1 aromatic rings. The quantitative estimate of drug-likeness (QED) is 0.883. The third kappa shape index (κ3) is 2.49. The van der Waals surface area contributed by atoms with Gasteiger partial charge in [0.1, 0.15) is 0 Å². The number of aryl methyl sites for hydroxylation is 2. The summed E-state index contributed by atoms with van der Waals surface area (Å²) in [5, 5.41) is 3.79. The molecule has 2 fully saturated rings. The third-order valence-electron chi connectivity index (χ3n) is 4.61. The summed E-state index contributed by atoms with van der Waals surface area (Å²) in [6.07, 6.45) is 5.59. The molecule has 1 saturated carbocycles. The van der Waals surface area contributed by atoms with Gasteiger partial charge in [-0.3, -0.25) is 4.90 Å². The van der Waals surface area contributed by atoms with E-state index >= 15 is 0 Å². The highest BCUT2D eigenvalue weighted by molar-refractivity contribution is 7.12. The Morgan fingerprint density at radius 3 is 2.78 bits per heavy atom. The van der Waals surface area contributed by atoms with Crippen LogP contribution in [0.1, 0.15) is 41.0 Å². The number of nitrogens with one attached hydrogen (secondary N) is 1. The lowest BCUT2D eigenvalue weighted by Gasteiger charge is -2.41. The minimum absolute atomic E-state index is 0.458. The Balaban J connectivity index is 1.65. The highest BCUT2D eigenvalue weighted by Gasteiger charge is 2.37. The topological polar surface area (TPSA) is 15.3 Å². The zero-order chi connectivity index (χ0) is 12.6. The Morgan fingerprint density at radius 1 is 1.33 bits per heavy atom. The van der Waals surface area contributed by atoms with Gasteiger partial charge in [-0.05, 0) is 38.3 Å². The summed E-state index contributed by atoms with van der Waals surface area (Å²) >= 11 is 1.98. The maximum absolute atomic E-state index is 3.79. The lowest BCUT2D eigenvalue weighted by atomic mass is 9.94. The van der Waals surface area contributed by atoms with Crippen molar-refractivity contribution >= 4 is 11.3 Å². The fourth-order valence-electron chi connectivity index (χ4n) is 3.51. The first-order valence-electron chi connectivity index (χ1n) is 7.20.